The Morgan fingerprint density at radius 2 is 1.87 bits per heavy atom. The fourth-order valence-corrected chi connectivity index (χ4v) is 1.57. The molecule has 90 valence electrons. The number of hydrogen-bond acceptors (Lipinski definition) is 2. The molecule has 0 radical (unpaired) electrons. The first-order chi connectivity index (χ1) is 6.82. The average Bonchev–Trinajstić information content (AvgIpc) is 2.83. The lowest BCUT2D eigenvalue weighted by Gasteiger charge is -2.29. The van der Waals surface area contributed by atoms with Gasteiger partial charge in [0.25, 0.3) is 0 Å². The molecule has 0 saturated heterocycles. The molecule has 0 aliphatic heterocycles. The van der Waals surface area contributed by atoms with Crippen molar-refractivity contribution in [2.24, 2.45) is 5.92 Å². The number of nitrogens with one attached hydrogen (secondary N) is 1. The van der Waals surface area contributed by atoms with Crippen molar-refractivity contribution in [1.82, 2.24) is 5.32 Å². The lowest BCUT2D eigenvalue weighted by Crippen LogP contribution is -2.52. The van der Waals surface area contributed by atoms with Crippen LogP contribution in [0.3, 0.4) is 0 Å². The van der Waals surface area contributed by atoms with Crippen LogP contribution in [0.15, 0.2) is 0 Å². The van der Waals surface area contributed by atoms with Crippen molar-refractivity contribution in [3.8, 4) is 0 Å². The zero-order valence-electron chi connectivity index (χ0n) is 9.32. The van der Waals surface area contributed by atoms with Gasteiger partial charge in [0.05, 0.1) is 6.61 Å². The quantitative estimate of drug-likeness (QED) is 0.775. The Morgan fingerprint density at radius 3 is 2.13 bits per heavy atom. The lowest BCUT2D eigenvalue weighted by atomic mass is 10.0. The highest BCUT2D eigenvalue weighted by molar-refractivity contribution is 5.09. The lowest BCUT2D eigenvalue weighted by molar-refractivity contribution is -0.169. The first-order valence-corrected chi connectivity index (χ1v) is 5.16. The smallest absolute Gasteiger partial charge is 0.383 e. The van der Waals surface area contributed by atoms with Gasteiger partial charge < -0.3 is 4.74 Å². The first kappa shape index (κ1) is 12.8. The predicted molar refractivity (Wildman–Crippen MR) is 51.7 cm³/mol. The molecule has 1 unspecified atom stereocenters. The van der Waals surface area contributed by atoms with E-state index >= 15 is 0 Å². The summed E-state index contributed by atoms with van der Waals surface area (Å²) in [6.45, 7) is 4.10. The van der Waals surface area contributed by atoms with Gasteiger partial charge in [-0.05, 0) is 18.8 Å². The van der Waals surface area contributed by atoms with E-state index in [1.807, 2.05) is 13.8 Å². The number of halogens is 3. The Hall–Kier alpha value is -0.290. The summed E-state index contributed by atoms with van der Waals surface area (Å²) >= 11 is 0. The van der Waals surface area contributed by atoms with Gasteiger partial charge in [-0.15, -0.1) is 0 Å². The molecule has 1 aliphatic rings. The van der Waals surface area contributed by atoms with Crippen LogP contribution in [0.1, 0.15) is 26.7 Å². The Kier molecular flexibility index (Phi) is 3.66. The van der Waals surface area contributed by atoms with E-state index in [0.29, 0.717) is 6.61 Å². The maximum absolute atomic E-state index is 12.7. The Labute approximate surface area is 88.2 Å². The van der Waals surface area contributed by atoms with Crippen molar-refractivity contribution in [3.63, 3.8) is 0 Å². The van der Waals surface area contributed by atoms with E-state index in [-0.39, 0.29) is 24.8 Å². The van der Waals surface area contributed by atoms with Crippen LogP contribution in [0, 0.1) is 5.92 Å². The summed E-state index contributed by atoms with van der Waals surface area (Å²) in [5, 5.41) is 2.69. The molecule has 1 rings (SSSR count). The van der Waals surface area contributed by atoms with Crippen LogP contribution in [-0.2, 0) is 4.74 Å². The van der Waals surface area contributed by atoms with Crippen molar-refractivity contribution in [2.45, 2.75) is 44.4 Å². The normalized spacial score (nSPS) is 21.8. The van der Waals surface area contributed by atoms with Gasteiger partial charge in [-0.3, -0.25) is 5.32 Å². The second-order valence-electron chi connectivity index (χ2n) is 4.53. The SMILES string of the molecule is COCC(NC1(C(F)(F)F)CC1)C(C)C. The predicted octanol–water partition coefficient (Wildman–Crippen LogP) is 2.34. The molecule has 0 spiro atoms. The molecule has 5 heteroatoms. The molecule has 0 aromatic heterocycles. The first-order valence-electron chi connectivity index (χ1n) is 5.16. The van der Waals surface area contributed by atoms with Gasteiger partial charge in [0.1, 0.15) is 5.54 Å². The van der Waals surface area contributed by atoms with Gasteiger partial charge in [-0.2, -0.15) is 13.2 Å². The van der Waals surface area contributed by atoms with Crippen LogP contribution < -0.4 is 5.32 Å². The minimum Gasteiger partial charge on any atom is -0.383 e. The number of methoxy groups -OCH3 is 1. The summed E-state index contributed by atoms with van der Waals surface area (Å²) in [6.07, 6.45) is -3.78. The van der Waals surface area contributed by atoms with Crippen LogP contribution in [0.4, 0.5) is 13.2 Å². The molecule has 15 heavy (non-hydrogen) atoms. The molecule has 1 saturated carbocycles. The minimum absolute atomic E-state index is 0.129. The molecule has 0 amide bonds. The molecule has 0 aromatic carbocycles. The van der Waals surface area contributed by atoms with E-state index < -0.39 is 11.7 Å². The van der Waals surface area contributed by atoms with Crippen molar-refractivity contribution >= 4 is 0 Å². The van der Waals surface area contributed by atoms with Crippen LogP contribution in [-0.4, -0.2) is 31.5 Å². The van der Waals surface area contributed by atoms with Crippen LogP contribution in [0.25, 0.3) is 0 Å². The second kappa shape index (κ2) is 4.29. The van der Waals surface area contributed by atoms with E-state index in [2.05, 4.69) is 5.32 Å². The molecule has 0 bridgehead atoms. The molecule has 0 aromatic rings. The maximum atomic E-state index is 12.7. The largest absolute Gasteiger partial charge is 0.406 e. The third-order valence-electron chi connectivity index (χ3n) is 2.91. The molecule has 1 aliphatic carbocycles. The molecular formula is C10H18F3NO. The molecule has 2 nitrogen and oxygen atoms in total. The number of alkyl halides is 3. The Morgan fingerprint density at radius 1 is 1.33 bits per heavy atom. The maximum Gasteiger partial charge on any atom is 0.406 e. The minimum atomic E-state index is -4.14. The summed E-state index contributed by atoms with van der Waals surface area (Å²) in [5.74, 6) is 0.129. The number of rotatable bonds is 5. The number of hydrogen-bond donors (Lipinski definition) is 1. The molecule has 1 N–H and O–H groups in total. The zero-order chi connectivity index (χ0) is 11.7. The van der Waals surface area contributed by atoms with Gasteiger partial charge in [-0.25, -0.2) is 0 Å². The van der Waals surface area contributed by atoms with E-state index in [9.17, 15) is 13.2 Å². The Balaban J connectivity index is 2.58. The topological polar surface area (TPSA) is 21.3 Å². The summed E-state index contributed by atoms with van der Waals surface area (Å²) in [4.78, 5) is 0. The van der Waals surface area contributed by atoms with Gasteiger partial charge >= 0.3 is 6.18 Å². The average molecular weight is 225 g/mol. The Bertz CT molecular complexity index is 211. The zero-order valence-corrected chi connectivity index (χ0v) is 9.32. The molecule has 1 fully saturated rings. The fraction of sp³-hybridized carbons (Fsp3) is 1.00. The highest BCUT2D eigenvalue weighted by atomic mass is 19.4. The van der Waals surface area contributed by atoms with E-state index in [4.69, 9.17) is 4.74 Å². The van der Waals surface area contributed by atoms with Crippen molar-refractivity contribution in [1.29, 1.82) is 0 Å². The van der Waals surface area contributed by atoms with Gasteiger partial charge in [-0.1, -0.05) is 13.8 Å². The second-order valence-corrected chi connectivity index (χ2v) is 4.53. The van der Waals surface area contributed by atoms with Gasteiger partial charge in [0.15, 0.2) is 0 Å². The summed E-state index contributed by atoms with van der Waals surface area (Å²) in [6, 6.07) is -0.237. The number of ether oxygens (including phenoxy) is 1. The fourth-order valence-electron chi connectivity index (χ4n) is 1.57. The van der Waals surface area contributed by atoms with Crippen molar-refractivity contribution < 1.29 is 17.9 Å². The molecule has 0 heterocycles. The van der Waals surface area contributed by atoms with E-state index in [1.54, 1.807) is 0 Å². The van der Waals surface area contributed by atoms with E-state index in [1.165, 1.54) is 7.11 Å². The van der Waals surface area contributed by atoms with Crippen molar-refractivity contribution in [3.05, 3.63) is 0 Å². The van der Waals surface area contributed by atoms with E-state index in [0.717, 1.165) is 0 Å². The molecular weight excluding hydrogens is 207 g/mol. The third kappa shape index (κ3) is 2.84. The van der Waals surface area contributed by atoms with Crippen molar-refractivity contribution in [2.75, 3.05) is 13.7 Å². The summed E-state index contributed by atoms with van der Waals surface area (Å²) < 4.78 is 42.9. The third-order valence-corrected chi connectivity index (χ3v) is 2.91. The highest BCUT2D eigenvalue weighted by Crippen LogP contribution is 2.49. The van der Waals surface area contributed by atoms with Crippen LogP contribution in [0.5, 0.6) is 0 Å². The highest BCUT2D eigenvalue weighted by Gasteiger charge is 2.63. The van der Waals surface area contributed by atoms with Crippen LogP contribution in [0.2, 0.25) is 0 Å². The summed E-state index contributed by atoms with van der Waals surface area (Å²) in [7, 11) is 1.50. The van der Waals surface area contributed by atoms with Gasteiger partial charge in [0.2, 0.25) is 0 Å². The molecule has 1 atom stereocenters. The summed E-state index contributed by atoms with van der Waals surface area (Å²) in [5.41, 5.74) is -1.64. The van der Waals surface area contributed by atoms with Gasteiger partial charge in [0, 0.05) is 13.2 Å². The van der Waals surface area contributed by atoms with Crippen LogP contribution >= 0.6 is 0 Å². The standard InChI is InChI=1S/C10H18F3NO/c1-7(2)8(6-15-3)14-9(4-5-9)10(11,12)13/h7-8,14H,4-6H2,1-3H3. The monoisotopic (exact) mass is 225 g/mol.